The van der Waals surface area contributed by atoms with Crippen molar-refractivity contribution < 1.29 is 75.8 Å². The second-order valence-electron chi connectivity index (χ2n) is 3.84. The zero-order valence-electron chi connectivity index (χ0n) is 11.8. The quantitative estimate of drug-likeness (QED) is 0.277. The van der Waals surface area contributed by atoms with Gasteiger partial charge in [0.25, 0.3) is 0 Å². The maximum Gasteiger partial charge on any atom is 4.00 e. The average Bonchev–Trinajstić information content (AvgIpc) is 2.10. The molecule has 0 aliphatic rings. The van der Waals surface area contributed by atoms with Crippen molar-refractivity contribution in [3.05, 3.63) is 11.4 Å². The van der Waals surface area contributed by atoms with E-state index in [0.29, 0.717) is 0 Å². The zero-order chi connectivity index (χ0) is 10.1. The summed E-state index contributed by atoms with van der Waals surface area (Å²) in [4.78, 5) is 0. The third-order valence-corrected chi connectivity index (χ3v) is 3.85. The van der Waals surface area contributed by atoms with Crippen LogP contribution in [0, 0.1) is 0 Å². The molecule has 0 spiro atoms. The van der Waals surface area contributed by atoms with Gasteiger partial charge in [0.05, 0.1) is 0 Å². The van der Waals surface area contributed by atoms with Crippen LogP contribution in [0.5, 0.6) is 0 Å². The van der Waals surface area contributed by atoms with Crippen LogP contribution in [0.15, 0.2) is 11.4 Å². The van der Waals surface area contributed by atoms with Crippen molar-refractivity contribution in [2.45, 2.75) is 52.4 Å². The molecule has 6 heteroatoms. The van der Waals surface area contributed by atoms with Gasteiger partial charge in [-0.25, -0.2) is 0 Å². The normalized spacial score (nSPS) is 9.06. The Morgan fingerprint density at radius 2 is 1.33 bits per heavy atom. The minimum absolute atomic E-state index is 0. The van der Waals surface area contributed by atoms with Crippen molar-refractivity contribution in [2.75, 3.05) is 13.3 Å². The van der Waals surface area contributed by atoms with E-state index in [1.54, 1.807) is 5.31 Å². The molecular formula is C12H25Cl4PZr. The van der Waals surface area contributed by atoms with Crippen LogP contribution in [0.25, 0.3) is 0 Å². The fourth-order valence-electron chi connectivity index (χ4n) is 1.34. The number of unbranched alkanes of at least 4 members (excludes halogenated alkanes) is 3. The molecule has 0 atom stereocenters. The summed E-state index contributed by atoms with van der Waals surface area (Å²) in [6.45, 7) is 9.29. The molecule has 0 radical (unpaired) electrons. The van der Waals surface area contributed by atoms with Crippen molar-refractivity contribution in [3.63, 3.8) is 0 Å². The fraction of sp³-hybridized carbons (Fsp3) is 0.833. The van der Waals surface area contributed by atoms with Crippen LogP contribution in [-0.2, 0) is 26.2 Å². The molecule has 0 aromatic carbocycles. The van der Waals surface area contributed by atoms with E-state index in [4.69, 9.17) is 0 Å². The number of allylic oxidation sites excluding steroid dienone is 2. The monoisotopic (exact) mass is 430 g/mol. The maximum atomic E-state index is 2.50. The number of hydrogen-bond acceptors (Lipinski definition) is 0. The van der Waals surface area contributed by atoms with Gasteiger partial charge in [0.1, 0.15) is 0 Å². The SMILES string of the molecule is CCCCC=C(CCCC)P(C)C.[Cl-].[Cl-].[Cl-].[Cl-].[Zr+4]. The molecule has 0 aliphatic heterocycles. The first-order valence-corrected chi connectivity index (χ1v) is 7.82. The predicted molar refractivity (Wildman–Crippen MR) is 65.9 cm³/mol. The van der Waals surface area contributed by atoms with E-state index in [9.17, 15) is 0 Å². The molecule has 0 bridgehead atoms. The molecule has 0 saturated carbocycles. The Kier molecular flexibility index (Phi) is 56.5. The second-order valence-corrected chi connectivity index (χ2v) is 6.20. The van der Waals surface area contributed by atoms with Crippen LogP contribution in [0.3, 0.4) is 0 Å². The molecule has 0 fully saturated rings. The van der Waals surface area contributed by atoms with E-state index in [0.717, 1.165) is 0 Å². The van der Waals surface area contributed by atoms with Crippen molar-refractivity contribution >= 4 is 7.92 Å². The Balaban J connectivity index is -0.0000000720. The molecule has 0 aromatic heterocycles. The summed E-state index contributed by atoms with van der Waals surface area (Å²) in [6.07, 6.45) is 10.5. The largest absolute Gasteiger partial charge is 4.00 e. The molecule has 0 N–H and O–H groups in total. The van der Waals surface area contributed by atoms with Crippen molar-refractivity contribution in [1.29, 1.82) is 0 Å². The van der Waals surface area contributed by atoms with Gasteiger partial charge in [-0.3, -0.25) is 0 Å². The first-order valence-electron chi connectivity index (χ1n) is 5.58. The Hall–Kier alpha value is 2.21. The molecule has 0 aromatic rings. The third kappa shape index (κ3) is 23.3. The summed E-state index contributed by atoms with van der Waals surface area (Å²) in [6, 6.07) is 0. The molecular weight excluding hydrogens is 408 g/mol. The van der Waals surface area contributed by atoms with Crippen LogP contribution in [-0.4, -0.2) is 13.3 Å². The third-order valence-electron chi connectivity index (χ3n) is 2.30. The van der Waals surface area contributed by atoms with Gasteiger partial charge in [0, 0.05) is 0 Å². The van der Waals surface area contributed by atoms with Gasteiger partial charge in [-0.2, -0.15) is 0 Å². The van der Waals surface area contributed by atoms with Crippen LogP contribution in [0.2, 0.25) is 0 Å². The summed E-state index contributed by atoms with van der Waals surface area (Å²) in [7, 11) is 0.169. The minimum Gasteiger partial charge on any atom is -1.00 e. The van der Waals surface area contributed by atoms with Gasteiger partial charge >= 0.3 is 26.2 Å². The van der Waals surface area contributed by atoms with Gasteiger partial charge < -0.3 is 49.6 Å². The molecule has 0 amide bonds. The van der Waals surface area contributed by atoms with Gasteiger partial charge in [-0.1, -0.05) is 52.4 Å². The molecule has 0 aliphatic carbocycles. The topological polar surface area (TPSA) is 0 Å². The van der Waals surface area contributed by atoms with Crippen molar-refractivity contribution in [3.8, 4) is 0 Å². The average molecular weight is 433 g/mol. The smallest absolute Gasteiger partial charge is 1.00 e. The number of halogens is 4. The van der Waals surface area contributed by atoms with Gasteiger partial charge in [-0.05, 0) is 32.6 Å². The van der Waals surface area contributed by atoms with Gasteiger partial charge in [-0.15, -0.1) is 0 Å². The number of hydrogen-bond donors (Lipinski definition) is 0. The van der Waals surface area contributed by atoms with Crippen LogP contribution in [0.1, 0.15) is 52.4 Å². The number of rotatable bonds is 7. The Bertz CT molecular complexity index is 155. The first kappa shape index (κ1) is 36.9. The maximum absolute atomic E-state index is 2.50. The Morgan fingerprint density at radius 3 is 1.67 bits per heavy atom. The summed E-state index contributed by atoms with van der Waals surface area (Å²) in [5.41, 5.74) is 0. The second kappa shape index (κ2) is 27.5. The molecule has 0 rings (SSSR count). The Morgan fingerprint density at radius 1 is 0.889 bits per heavy atom. The van der Waals surface area contributed by atoms with Gasteiger partial charge in [0.15, 0.2) is 0 Å². The molecule has 0 heterocycles. The first-order chi connectivity index (χ1) is 6.22. The Labute approximate surface area is 159 Å². The summed E-state index contributed by atoms with van der Waals surface area (Å²) in [5, 5.41) is 1.74. The van der Waals surface area contributed by atoms with E-state index in [1.807, 2.05) is 0 Å². The standard InChI is InChI=1S/C12H25P.4ClH.Zr/c1-5-7-9-11-12(13(3)4)10-8-6-2;;;;;/h11H,5-10H2,1-4H3;4*1H;/q;;;;;+4/p-4. The van der Waals surface area contributed by atoms with Crippen LogP contribution in [0.4, 0.5) is 0 Å². The van der Waals surface area contributed by atoms with Crippen molar-refractivity contribution in [1.82, 2.24) is 0 Å². The molecule has 0 saturated heterocycles. The zero-order valence-corrected chi connectivity index (χ0v) is 18.2. The molecule has 18 heavy (non-hydrogen) atoms. The molecule has 0 nitrogen and oxygen atoms in total. The minimum atomic E-state index is 0. The van der Waals surface area contributed by atoms with E-state index < -0.39 is 0 Å². The van der Waals surface area contributed by atoms with E-state index in [-0.39, 0.29) is 83.8 Å². The fourth-order valence-corrected chi connectivity index (χ4v) is 2.44. The summed E-state index contributed by atoms with van der Waals surface area (Å²) >= 11 is 0. The van der Waals surface area contributed by atoms with E-state index >= 15 is 0 Å². The molecule has 110 valence electrons. The van der Waals surface area contributed by atoms with E-state index in [2.05, 4.69) is 33.3 Å². The van der Waals surface area contributed by atoms with Crippen molar-refractivity contribution in [2.24, 2.45) is 0 Å². The summed E-state index contributed by atoms with van der Waals surface area (Å²) < 4.78 is 0. The van der Waals surface area contributed by atoms with Crippen LogP contribution < -0.4 is 49.6 Å². The summed E-state index contributed by atoms with van der Waals surface area (Å²) in [5.74, 6) is 0. The van der Waals surface area contributed by atoms with Gasteiger partial charge in [0.2, 0.25) is 0 Å². The van der Waals surface area contributed by atoms with E-state index in [1.165, 1.54) is 38.5 Å². The predicted octanol–water partition coefficient (Wildman–Crippen LogP) is -6.99. The van der Waals surface area contributed by atoms with Crippen LogP contribution >= 0.6 is 7.92 Å². The molecule has 0 unspecified atom stereocenters.